The highest BCUT2D eigenvalue weighted by atomic mass is 16.5. The average molecular weight is 284 g/mol. The molecule has 0 saturated heterocycles. The van der Waals surface area contributed by atoms with Crippen molar-refractivity contribution in [1.82, 2.24) is 0 Å². The van der Waals surface area contributed by atoms with Gasteiger partial charge in [0, 0.05) is 11.6 Å². The quantitative estimate of drug-likeness (QED) is 0.829. The van der Waals surface area contributed by atoms with Gasteiger partial charge in [-0.1, -0.05) is 12.1 Å². The van der Waals surface area contributed by atoms with Crippen LogP contribution < -0.4 is 9.47 Å². The molecule has 0 bridgehead atoms. The molecule has 2 aromatic rings. The number of ketones is 1. The molecule has 0 radical (unpaired) electrons. The summed E-state index contributed by atoms with van der Waals surface area (Å²) >= 11 is 0. The predicted molar refractivity (Wildman–Crippen MR) is 75.7 cm³/mol. The Morgan fingerprint density at radius 2 is 2.00 bits per heavy atom. The number of Topliss-reactive ketones (excluding diaryl/α,β-unsaturated/α-hetero) is 1. The van der Waals surface area contributed by atoms with Crippen LogP contribution in [-0.4, -0.2) is 23.1 Å². The summed E-state index contributed by atoms with van der Waals surface area (Å²) in [4.78, 5) is 12.2. The fourth-order valence-corrected chi connectivity index (χ4v) is 2.14. The van der Waals surface area contributed by atoms with Crippen molar-refractivity contribution < 1.29 is 24.5 Å². The molecule has 0 aromatic heterocycles. The van der Waals surface area contributed by atoms with Gasteiger partial charge in [-0.2, -0.15) is 0 Å². The summed E-state index contributed by atoms with van der Waals surface area (Å²) in [5, 5.41) is 19.4. The molecule has 1 aliphatic rings. The zero-order chi connectivity index (χ0) is 15.0. The van der Waals surface area contributed by atoms with Crippen molar-refractivity contribution in [2.45, 2.75) is 0 Å². The van der Waals surface area contributed by atoms with Crippen LogP contribution in [0.2, 0.25) is 0 Å². The van der Waals surface area contributed by atoms with Crippen molar-refractivity contribution in [2.24, 2.45) is 0 Å². The minimum atomic E-state index is -0.299. The number of carbonyl (C=O) groups is 1. The maximum absolute atomic E-state index is 12.2. The molecule has 0 unspecified atom stereocenters. The van der Waals surface area contributed by atoms with E-state index in [1.54, 1.807) is 18.2 Å². The number of rotatable bonds is 2. The lowest BCUT2D eigenvalue weighted by Crippen LogP contribution is -1.98. The number of hydrogen-bond acceptors (Lipinski definition) is 5. The van der Waals surface area contributed by atoms with E-state index >= 15 is 0 Å². The maximum atomic E-state index is 12.2. The molecule has 0 spiro atoms. The van der Waals surface area contributed by atoms with Crippen LogP contribution in [0.5, 0.6) is 23.0 Å². The summed E-state index contributed by atoms with van der Waals surface area (Å²) in [5.41, 5.74) is 0.788. The van der Waals surface area contributed by atoms with Gasteiger partial charge in [-0.25, -0.2) is 0 Å². The van der Waals surface area contributed by atoms with Gasteiger partial charge in [0.1, 0.15) is 11.5 Å². The Kier molecular flexibility index (Phi) is 3.02. The number of methoxy groups -OCH3 is 1. The second-order valence-electron chi connectivity index (χ2n) is 4.52. The van der Waals surface area contributed by atoms with Crippen molar-refractivity contribution in [3.63, 3.8) is 0 Å². The lowest BCUT2D eigenvalue weighted by Gasteiger charge is -2.06. The number of phenols is 2. The zero-order valence-electron chi connectivity index (χ0n) is 11.2. The first-order valence-electron chi connectivity index (χ1n) is 6.23. The Morgan fingerprint density at radius 3 is 2.76 bits per heavy atom. The van der Waals surface area contributed by atoms with Gasteiger partial charge in [-0.05, 0) is 24.3 Å². The number of benzene rings is 2. The molecule has 1 aliphatic heterocycles. The van der Waals surface area contributed by atoms with Crippen LogP contribution in [-0.2, 0) is 0 Å². The van der Waals surface area contributed by atoms with E-state index in [-0.39, 0.29) is 23.0 Å². The minimum absolute atomic E-state index is 0.0204. The van der Waals surface area contributed by atoms with Crippen molar-refractivity contribution >= 4 is 11.9 Å². The van der Waals surface area contributed by atoms with Crippen molar-refractivity contribution in [3.8, 4) is 23.0 Å². The van der Waals surface area contributed by atoms with Crippen LogP contribution in [0, 0.1) is 0 Å². The molecule has 2 N–H and O–H groups in total. The standard InChI is InChI=1S/C16H12O5/c1-20-12-4-2-3-9(15(12)18)7-14-16(19)11-6-5-10(17)8-13(11)21-14/h2-8,17-18H,1H3/b14-7-. The summed E-state index contributed by atoms with van der Waals surface area (Å²) in [6.45, 7) is 0. The van der Waals surface area contributed by atoms with E-state index in [2.05, 4.69) is 0 Å². The van der Waals surface area contributed by atoms with Gasteiger partial charge < -0.3 is 19.7 Å². The van der Waals surface area contributed by atoms with Crippen LogP contribution in [0.15, 0.2) is 42.2 Å². The molecule has 0 saturated carbocycles. The molecule has 21 heavy (non-hydrogen) atoms. The van der Waals surface area contributed by atoms with Crippen LogP contribution in [0.4, 0.5) is 0 Å². The first kappa shape index (κ1) is 13.1. The molecular weight excluding hydrogens is 272 g/mol. The largest absolute Gasteiger partial charge is 0.508 e. The molecule has 2 aromatic carbocycles. The number of ether oxygens (including phenoxy) is 2. The third-order valence-corrected chi connectivity index (χ3v) is 3.19. The molecule has 106 valence electrons. The van der Waals surface area contributed by atoms with E-state index < -0.39 is 0 Å². The lowest BCUT2D eigenvalue weighted by molar-refractivity contribution is 0.101. The van der Waals surface area contributed by atoms with Gasteiger partial charge >= 0.3 is 0 Å². The van der Waals surface area contributed by atoms with E-state index in [0.717, 1.165) is 0 Å². The van der Waals surface area contributed by atoms with E-state index in [4.69, 9.17) is 9.47 Å². The number of aromatic hydroxyl groups is 2. The van der Waals surface area contributed by atoms with Crippen molar-refractivity contribution in [3.05, 3.63) is 53.3 Å². The highest BCUT2D eigenvalue weighted by Gasteiger charge is 2.27. The number of carbonyl (C=O) groups excluding carboxylic acids is 1. The number of fused-ring (bicyclic) bond motifs is 1. The molecule has 5 nitrogen and oxygen atoms in total. The molecule has 3 rings (SSSR count). The number of hydrogen-bond donors (Lipinski definition) is 2. The Morgan fingerprint density at radius 1 is 1.19 bits per heavy atom. The SMILES string of the molecule is COc1cccc(/C=C2\Oc3cc(O)ccc3C2=O)c1O. The lowest BCUT2D eigenvalue weighted by atomic mass is 10.1. The van der Waals surface area contributed by atoms with Crippen LogP contribution in [0.1, 0.15) is 15.9 Å². The van der Waals surface area contributed by atoms with E-state index in [1.807, 2.05) is 0 Å². The topological polar surface area (TPSA) is 76.0 Å². The third-order valence-electron chi connectivity index (χ3n) is 3.19. The third kappa shape index (κ3) is 2.18. The Balaban J connectivity index is 2.02. The molecule has 1 heterocycles. The fraction of sp³-hybridized carbons (Fsp3) is 0.0625. The second kappa shape index (κ2) is 4.86. The first-order valence-corrected chi connectivity index (χ1v) is 6.23. The first-order chi connectivity index (χ1) is 10.1. The molecule has 5 heteroatoms. The zero-order valence-corrected chi connectivity index (χ0v) is 11.2. The number of phenolic OH excluding ortho intramolecular Hbond substituents is 2. The van der Waals surface area contributed by atoms with Gasteiger partial charge in [0.15, 0.2) is 17.3 Å². The van der Waals surface area contributed by atoms with Crippen molar-refractivity contribution in [2.75, 3.05) is 7.11 Å². The normalized spacial score (nSPS) is 14.9. The van der Waals surface area contributed by atoms with E-state index in [9.17, 15) is 15.0 Å². The summed E-state index contributed by atoms with van der Waals surface area (Å²) in [5.74, 6) is 0.347. The molecule has 0 amide bonds. The second-order valence-corrected chi connectivity index (χ2v) is 4.52. The maximum Gasteiger partial charge on any atom is 0.231 e. The molecule has 0 fully saturated rings. The molecule has 0 atom stereocenters. The highest BCUT2D eigenvalue weighted by Crippen LogP contribution is 2.36. The fourth-order valence-electron chi connectivity index (χ4n) is 2.14. The molecular formula is C16H12O5. The Labute approximate surface area is 120 Å². The van der Waals surface area contributed by atoms with E-state index in [0.29, 0.717) is 22.6 Å². The summed E-state index contributed by atoms with van der Waals surface area (Å²) in [7, 11) is 1.45. The predicted octanol–water partition coefficient (Wildman–Crippen LogP) is 2.72. The van der Waals surface area contributed by atoms with Crippen LogP contribution in [0.25, 0.3) is 6.08 Å². The summed E-state index contributed by atoms with van der Waals surface area (Å²) < 4.78 is 10.4. The van der Waals surface area contributed by atoms with Gasteiger partial charge in [0.25, 0.3) is 0 Å². The van der Waals surface area contributed by atoms with E-state index in [1.165, 1.54) is 31.4 Å². The molecule has 0 aliphatic carbocycles. The van der Waals surface area contributed by atoms with Crippen molar-refractivity contribution in [1.29, 1.82) is 0 Å². The monoisotopic (exact) mass is 284 g/mol. The number of para-hydroxylation sites is 1. The average Bonchev–Trinajstić information content (AvgIpc) is 2.77. The summed E-state index contributed by atoms with van der Waals surface area (Å²) in [6.07, 6.45) is 1.44. The Bertz CT molecular complexity index is 761. The van der Waals surface area contributed by atoms with Gasteiger partial charge in [0.05, 0.1) is 12.7 Å². The number of allylic oxidation sites excluding steroid dienone is 1. The van der Waals surface area contributed by atoms with Crippen LogP contribution in [0.3, 0.4) is 0 Å². The Hall–Kier alpha value is -2.95. The highest BCUT2D eigenvalue weighted by molar-refractivity contribution is 6.14. The van der Waals surface area contributed by atoms with Gasteiger partial charge in [0.2, 0.25) is 5.78 Å². The summed E-state index contributed by atoms with van der Waals surface area (Å²) in [6, 6.07) is 9.25. The smallest absolute Gasteiger partial charge is 0.231 e. The van der Waals surface area contributed by atoms with Gasteiger partial charge in [-0.15, -0.1) is 0 Å². The van der Waals surface area contributed by atoms with Gasteiger partial charge in [-0.3, -0.25) is 4.79 Å². The minimum Gasteiger partial charge on any atom is -0.508 e. The van der Waals surface area contributed by atoms with Crippen LogP contribution >= 0.6 is 0 Å².